The van der Waals surface area contributed by atoms with E-state index in [4.69, 9.17) is 5.73 Å². The Morgan fingerprint density at radius 2 is 2.06 bits per heavy atom. The second-order valence-electron chi connectivity index (χ2n) is 5.27. The average Bonchev–Trinajstić information content (AvgIpc) is 2.76. The van der Waals surface area contributed by atoms with Crippen LogP contribution in [0.4, 0.5) is 0 Å². The van der Waals surface area contributed by atoms with E-state index in [0.717, 1.165) is 0 Å². The molecule has 1 saturated carbocycles. The minimum atomic E-state index is 0.146. The van der Waals surface area contributed by atoms with Crippen molar-refractivity contribution in [2.75, 3.05) is 13.1 Å². The highest BCUT2D eigenvalue weighted by Gasteiger charge is 2.17. The van der Waals surface area contributed by atoms with Crippen LogP contribution in [0.5, 0.6) is 0 Å². The van der Waals surface area contributed by atoms with Crippen LogP contribution >= 0.6 is 0 Å². The van der Waals surface area contributed by atoms with Gasteiger partial charge in [0.25, 0.3) is 0 Å². The molecule has 1 fully saturated rings. The van der Waals surface area contributed by atoms with Crippen molar-refractivity contribution in [3.05, 3.63) is 0 Å². The first-order valence-corrected chi connectivity index (χ1v) is 6.91. The molecule has 0 atom stereocenters. The summed E-state index contributed by atoms with van der Waals surface area (Å²) in [5.41, 5.74) is 5.65. The molecule has 0 heterocycles. The molecule has 1 aliphatic carbocycles. The third-order valence-electron chi connectivity index (χ3n) is 3.10. The summed E-state index contributed by atoms with van der Waals surface area (Å²) in [6, 6.07) is 0.283. The smallest absolute Gasteiger partial charge is 0.220 e. The van der Waals surface area contributed by atoms with Crippen molar-refractivity contribution in [3.8, 4) is 0 Å². The minimum absolute atomic E-state index is 0.146. The molecule has 0 aromatic heterocycles. The number of amides is 1. The van der Waals surface area contributed by atoms with Gasteiger partial charge in [-0.2, -0.15) is 0 Å². The fourth-order valence-corrected chi connectivity index (χ4v) is 2.26. The zero-order valence-corrected chi connectivity index (χ0v) is 11.5. The molecule has 5 heteroatoms. The molecule has 4 N–H and O–H groups in total. The van der Waals surface area contributed by atoms with E-state index in [1.807, 2.05) is 13.8 Å². The van der Waals surface area contributed by atoms with Crippen molar-refractivity contribution in [3.63, 3.8) is 0 Å². The van der Waals surface area contributed by atoms with Crippen LogP contribution in [0.25, 0.3) is 0 Å². The molecule has 0 spiro atoms. The first kappa shape index (κ1) is 14.8. The highest BCUT2D eigenvalue weighted by Crippen LogP contribution is 2.27. The molecule has 1 amide bonds. The van der Waals surface area contributed by atoms with Gasteiger partial charge in [0.15, 0.2) is 5.96 Å². The largest absolute Gasteiger partial charge is 0.370 e. The molecule has 0 unspecified atom stereocenters. The number of nitrogens with two attached hydrogens (primary N) is 1. The van der Waals surface area contributed by atoms with E-state index in [-0.39, 0.29) is 11.9 Å². The lowest BCUT2D eigenvalue weighted by atomic mass is 10.0. The molecule has 1 rings (SSSR count). The molecule has 104 valence electrons. The molecular formula is C13H26N4O. The maximum absolute atomic E-state index is 11.6. The number of hydrogen-bond donors (Lipinski definition) is 3. The van der Waals surface area contributed by atoms with E-state index >= 15 is 0 Å². The number of carbonyl (C=O) groups is 1. The first-order valence-electron chi connectivity index (χ1n) is 6.91. The van der Waals surface area contributed by atoms with Crippen LogP contribution in [0.3, 0.4) is 0 Å². The Kier molecular flexibility index (Phi) is 6.54. The highest BCUT2D eigenvalue weighted by molar-refractivity contribution is 5.78. The first-order chi connectivity index (χ1) is 8.58. The van der Waals surface area contributed by atoms with E-state index in [0.29, 0.717) is 31.4 Å². The minimum Gasteiger partial charge on any atom is -0.370 e. The Morgan fingerprint density at radius 1 is 1.39 bits per heavy atom. The van der Waals surface area contributed by atoms with E-state index in [2.05, 4.69) is 15.6 Å². The molecule has 0 aliphatic heterocycles. The van der Waals surface area contributed by atoms with Crippen molar-refractivity contribution < 1.29 is 4.79 Å². The van der Waals surface area contributed by atoms with Gasteiger partial charge in [0, 0.05) is 19.0 Å². The van der Waals surface area contributed by atoms with Crippen LogP contribution in [0.2, 0.25) is 0 Å². The van der Waals surface area contributed by atoms with Crippen LogP contribution in [0.15, 0.2) is 4.99 Å². The van der Waals surface area contributed by atoms with Crippen LogP contribution in [-0.4, -0.2) is 31.0 Å². The Bertz CT molecular complexity index is 283. The lowest BCUT2D eigenvalue weighted by molar-refractivity contribution is -0.121. The van der Waals surface area contributed by atoms with Crippen molar-refractivity contribution in [1.82, 2.24) is 10.6 Å². The van der Waals surface area contributed by atoms with E-state index < -0.39 is 0 Å². The SMILES string of the molecule is CC(C)NC(N)=NCCNC(=O)CC1CCCC1. The van der Waals surface area contributed by atoms with Crippen LogP contribution in [0, 0.1) is 5.92 Å². The molecule has 18 heavy (non-hydrogen) atoms. The van der Waals surface area contributed by atoms with Gasteiger partial charge < -0.3 is 16.4 Å². The zero-order valence-electron chi connectivity index (χ0n) is 11.5. The van der Waals surface area contributed by atoms with Crippen molar-refractivity contribution >= 4 is 11.9 Å². The van der Waals surface area contributed by atoms with Gasteiger partial charge in [0.05, 0.1) is 6.54 Å². The maximum atomic E-state index is 11.6. The molecule has 0 aromatic carbocycles. The fraction of sp³-hybridized carbons (Fsp3) is 0.846. The van der Waals surface area contributed by atoms with E-state index in [1.54, 1.807) is 0 Å². The van der Waals surface area contributed by atoms with Crippen LogP contribution in [0.1, 0.15) is 46.0 Å². The van der Waals surface area contributed by atoms with E-state index in [1.165, 1.54) is 25.7 Å². The lowest BCUT2D eigenvalue weighted by Crippen LogP contribution is -2.37. The Morgan fingerprint density at radius 3 is 2.67 bits per heavy atom. The van der Waals surface area contributed by atoms with Gasteiger partial charge in [-0.25, -0.2) is 0 Å². The van der Waals surface area contributed by atoms with Gasteiger partial charge in [-0.05, 0) is 32.6 Å². The van der Waals surface area contributed by atoms with Crippen molar-refractivity contribution in [2.45, 2.75) is 52.0 Å². The summed E-state index contributed by atoms with van der Waals surface area (Å²) in [7, 11) is 0. The Balaban J connectivity index is 2.07. The predicted octanol–water partition coefficient (Wildman–Crippen LogP) is 0.996. The van der Waals surface area contributed by atoms with Crippen LogP contribution < -0.4 is 16.4 Å². The Labute approximate surface area is 110 Å². The summed E-state index contributed by atoms with van der Waals surface area (Å²) in [6.45, 7) is 5.10. The molecule has 0 radical (unpaired) electrons. The normalized spacial score (nSPS) is 17.2. The topological polar surface area (TPSA) is 79.5 Å². The summed E-state index contributed by atoms with van der Waals surface area (Å²) >= 11 is 0. The van der Waals surface area contributed by atoms with Gasteiger partial charge in [-0.15, -0.1) is 0 Å². The van der Waals surface area contributed by atoms with Gasteiger partial charge >= 0.3 is 0 Å². The number of guanidine groups is 1. The summed E-state index contributed by atoms with van der Waals surface area (Å²) in [6.07, 6.45) is 5.64. The zero-order chi connectivity index (χ0) is 13.4. The number of hydrogen-bond acceptors (Lipinski definition) is 2. The number of aliphatic imine (C=N–C) groups is 1. The van der Waals surface area contributed by atoms with E-state index in [9.17, 15) is 4.79 Å². The van der Waals surface area contributed by atoms with Crippen LogP contribution in [-0.2, 0) is 4.79 Å². The standard InChI is InChI=1S/C13H26N4O/c1-10(2)17-13(14)16-8-7-15-12(18)9-11-5-3-4-6-11/h10-11H,3-9H2,1-2H3,(H,15,18)(H3,14,16,17). The summed E-state index contributed by atoms with van der Waals surface area (Å²) in [5.74, 6) is 1.18. The van der Waals surface area contributed by atoms with Gasteiger partial charge in [-0.1, -0.05) is 12.8 Å². The van der Waals surface area contributed by atoms with Crippen molar-refractivity contribution in [1.29, 1.82) is 0 Å². The monoisotopic (exact) mass is 254 g/mol. The highest BCUT2D eigenvalue weighted by atomic mass is 16.1. The third kappa shape index (κ3) is 6.47. The maximum Gasteiger partial charge on any atom is 0.220 e. The number of nitrogens with one attached hydrogen (secondary N) is 2. The summed E-state index contributed by atoms with van der Waals surface area (Å²) < 4.78 is 0. The number of nitrogens with zero attached hydrogens (tertiary/aromatic N) is 1. The molecule has 0 aromatic rings. The Hall–Kier alpha value is -1.26. The number of rotatable bonds is 6. The number of carbonyl (C=O) groups excluding carboxylic acids is 1. The average molecular weight is 254 g/mol. The molecule has 1 aliphatic rings. The second-order valence-corrected chi connectivity index (χ2v) is 5.27. The van der Waals surface area contributed by atoms with Gasteiger partial charge in [0.1, 0.15) is 0 Å². The second kappa shape index (κ2) is 7.95. The summed E-state index contributed by atoms with van der Waals surface area (Å²) in [4.78, 5) is 15.8. The molecule has 5 nitrogen and oxygen atoms in total. The third-order valence-corrected chi connectivity index (χ3v) is 3.10. The molecule has 0 bridgehead atoms. The van der Waals surface area contributed by atoms with Gasteiger partial charge in [0.2, 0.25) is 5.91 Å². The lowest BCUT2D eigenvalue weighted by Gasteiger charge is -2.10. The molecular weight excluding hydrogens is 228 g/mol. The van der Waals surface area contributed by atoms with Crippen molar-refractivity contribution in [2.24, 2.45) is 16.6 Å². The summed E-state index contributed by atoms with van der Waals surface area (Å²) in [5, 5.41) is 5.89. The molecule has 0 saturated heterocycles. The quantitative estimate of drug-likeness (QED) is 0.376. The van der Waals surface area contributed by atoms with Gasteiger partial charge in [-0.3, -0.25) is 9.79 Å². The predicted molar refractivity (Wildman–Crippen MR) is 74.3 cm³/mol. The fourth-order valence-electron chi connectivity index (χ4n) is 2.26.